The quantitative estimate of drug-likeness (QED) is 0.724. The highest BCUT2D eigenvalue weighted by molar-refractivity contribution is 7.21. The molecule has 0 atom stereocenters. The molecule has 1 saturated heterocycles. The Morgan fingerprint density at radius 1 is 1.04 bits per heavy atom. The molecule has 5 rings (SSSR count). The van der Waals surface area contributed by atoms with Gasteiger partial charge in [0.05, 0.1) is 5.69 Å². The maximum absolute atomic E-state index is 13.1. The third-order valence-corrected chi connectivity index (χ3v) is 6.47. The lowest BCUT2D eigenvalue weighted by molar-refractivity contribution is -0.125. The van der Waals surface area contributed by atoms with E-state index in [1.807, 2.05) is 12.1 Å². The minimum Gasteiger partial charge on any atom is -0.353 e. The number of pyridine rings is 1. The molecule has 144 valence electrons. The van der Waals surface area contributed by atoms with Gasteiger partial charge < -0.3 is 10.2 Å². The fourth-order valence-electron chi connectivity index (χ4n) is 3.60. The van der Waals surface area contributed by atoms with Gasteiger partial charge in [-0.1, -0.05) is 11.3 Å². The van der Waals surface area contributed by atoms with Crippen LogP contribution in [-0.4, -0.2) is 35.0 Å². The average Bonchev–Trinajstić information content (AvgIpc) is 3.43. The summed E-state index contributed by atoms with van der Waals surface area (Å²) < 4.78 is 13.1. The van der Waals surface area contributed by atoms with Gasteiger partial charge in [0.2, 0.25) is 5.91 Å². The van der Waals surface area contributed by atoms with Crippen LogP contribution in [-0.2, 0) is 4.79 Å². The lowest BCUT2D eigenvalue weighted by Crippen LogP contribution is -2.41. The molecule has 28 heavy (non-hydrogen) atoms. The van der Waals surface area contributed by atoms with E-state index in [-0.39, 0.29) is 17.6 Å². The van der Waals surface area contributed by atoms with Crippen LogP contribution in [0, 0.1) is 11.7 Å². The molecule has 2 aliphatic rings. The molecule has 0 spiro atoms. The van der Waals surface area contributed by atoms with Gasteiger partial charge in [0.1, 0.15) is 16.2 Å². The Morgan fingerprint density at radius 3 is 2.50 bits per heavy atom. The first-order valence-corrected chi connectivity index (χ1v) is 10.6. The molecule has 1 aliphatic heterocycles. The van der Waals surface area contributed by atoms with Crippen molar-refractivity contribution in [3.8, 4) is 11.3 Å². The maximum atomic E-state index is 13.1. The third kappa shape index (κ3) is 3.58. The molecule has 3 heterocycles. The summed E-state index contributed by atoms with van der Waals surface area (Å²) in [5.74, 6) is 0.0885. The topological polar surface area (TPSA) is 58.1 Å². The van der Waals surface area contributed by atoms with E-state index >= 15 is 0 Å². The first-order chi connectivity index (χ1) is 13.7. The van der Waals surface area contributed by atoms with Crippen LogP contribution in [0.25, 0.3) is 21.6 Å². The van der Waals surface area contributed by atoms with E-state index in [0.717, 1.165) is 65.5 Å². The van der Waals surface area contributed by atoms with Crippen LogP contribution in [0.5, 0.6) is 0 Å². The van der Waals surface area contributed by atoms with E-state index in [0.29, 0.717) is 6.04 Å². The fourth-order valence-corrected chi connectivity index (χ4v) is 4.59. The summed E-state index contributed by atoms with van der Waals surface area (Å²) in [6.07, 6.45) is 3.98. The van der Waals surface area contributed by atoms with E-state index in [9.17, 15) is 9.18 Å². The lowest BCUT2D eigenvalue weighted by atomic mass is 9.96. The van der Waals surface area contributed by atoms with Gasteiger partial charge in [-0.2, -0.15) is 0 Å². The number of anilines is 1. The number of piperidine rings is 1. The molecule has 1 N–H and O–H groups in total. The maximum Gasteiger partial charge on any atom is 0.223 e. The number of amides is 1. The normalized spacial score (nSPS) is 17.8. The van der Waals surface area contributed by atoms with Crippen molar-refractivity contribution < 1.29 is 9.18 Å². The van der Waals surface area contributed by atoms with Gasteiger partial charge in [-0.15, -0.1) is 0 Å². The monoisotopic (exact) mass is 396 g/mol. The largest absolute Gasteiger partial charge is 0.353 e. The van der Waals surface area contributed by atoms with Crippen LogP contribution < -0.4 is 10.2 Å². The van der Waals surface area contributed by atoms with Crippen LogP contribution in [0.4, 0.5) is 9.52 Å². The highest BCUT2D eigenvalue weighted by Gasteiger charge is 2.30. The smallest absolute Gasteiger partial charge is 0.223 e. The summed E-state index contributed by atoms with van der Waals surface area (Å²) in [4.78, 5) is 24.8. The molecule has 0 unspecified atom stereocenters. The van der Waals surface area contributed by atoms with E-state index in [1.54, 1.807) is 23.5 Å². The number of hydrogen-bond acceptors (Lipinski definition) is 5. The molecule has 0 radical (unpaired) electrons. The molecule has 2 fully saturated rings. The molecule has 7 heteroatoms. The number of benzene rings is 1. The average molecular weight is 396 g/mol. The second-order valence-corrected chi connectivity index (χ2v) is 8.52. The van der Waals surface area contributed by atoms with Gasteiger partial charge in [0, 0.05) is 30.6 Å². The standard InChI is InChI=1S/C21H21FN4OS/c22-15-3-1-13(2-4-15)17-7-8-18-20(24-17)28-21(25-18)26-11-9-14(10-12-26)19(27)23-16-5-6-16/h1-4,7-8,14,16H,5-6,9-12H2,(H,23,27). The van der Waals surface area contributed by atoms with Crippen molar-refractivity contribution in [1.82, 2.24) is 15.3 Å². The number of carbonyl (C=O) groups excluding carboxylic acids is 1. The minimum atomic E-state index is -0.251. The Balaban J connectivity index is 1.30. The van der Waals surface area contributed by atoms with Crippen molar-refractivity contribution in [3.05, 3.63) is 42.2 Å². The summed E-state index contributed by atoms with van der Waals surface area (Å²) in [6.45, 7) is 1.68. The second kappa shape index (κ2) is 7.13. The van der Waals surface area contributed by atoms with Crippen LogP contribution in [0.1, 0.15) is 25.7 Å². The van der Waals surface area contributed by atoms with Crippen LogP contribution in [0.2, 0.25) is 0 Å². The predicted octanol–water partition coefficient (Wildman–Crippen LogP) is 3.99. The molecule has 0 bridgehead atoms. The zero-order valence-corrected chi connectivity index (χ0v) is 16.2. The number of carbonyl (C=O) groups is 1. The summed E-state index contributed by atoms with van der Waals surface area (Å²) in [5, 5.41) is 4.08. The number of fused-ring (bicyclic) bond motifs is 1. The zero-order valence-electron chi connectivity index (χ0n) is 15.4. The van der Waals surface area contributed by atoms with Crippen molar-refractivity contribution in [3.63, 3.8) is 0 Å². The number of rotatable bonds is 4. The third-order valence-electron chi connectivity index (χ3n) is 5.44. The van der Waals surface area contributed by atoms with Crippen LogP contribution >= 0.6 is 11.3 Å². The first-order valence-electron chi connectivity index (χ1n) is 9.74. The van der Waals surface area contributed by atoms with Crippen molar-refractivity contribution in [2.45, 2.75) is 31.7 Å². The number of thiazole rings is 1. The van der Waals surface area contributed by atoms with E-state index in [4.69, 9.17) is 9.97 Å². The zero-order chi connectivity index (χ0) is 19.1. The van der Waals surface area contributed by atoms with Gasteiger partial charge in [0.15, 0.2) is 5.13 Å². The van der Waals surface area contributed by atoms with E-state index < -0.39 is 0 Å². The molecular weight excluding hydrogens is 375 g/mol. The summed E-state index contributed by atoms with van der Waals surface area (Å²) >= 11 is 1.58. The van der Waals surface area contributed by atoms with Crippen molar-refractivity contribution in [2.75, 3.05) is 18.0 Å². The molecule has 1 saturated carbocycles. The second-order valence-electron chi connectivity index (χ2n) is 7.57. The summed E-state index contributed by atoms with van der Waals surface area (Å²) in [7, 11) is 0. The Bertz CT molecular complexity index is 1010. The van der Waals surface area contributed by atoms with Crippen LogP contribution in [0.15, 0.2) is 36.4 Å². The molecule has 5 nitrogen and oxygen atoms in total. The van der Waals surface area contributed by atoms with Crippen molar-refractivity contribution in [1.29, 1.82) is 0 Å². The molecule has 1 amide bonds. The SMILES string of the molecule is O=C(NC1CC1)C1CCN(c2nc3ccc(-c4ccc(F)cc4)nc3s2)CC1. The molecule has 1 aliphatic carbocycles. The van der Waals surface area contributed by atoms with E-state index in [2.05, 4.69) is 10.2 Å². The number of hydrogen-bond donors (Lipinski definition) is 1. The van der Waals surface area contributed by atoms with Crippen LogP contribution in [0.3, 0.4) is 0 Å². The molecule has 2 aromatic heterocycles. The number of nitrogens with zero attached hydrogens (tertiary/aromatic N) is 3. The van der Waals surface area contributed by atoms with E-state index in [1.165, 1.54) is 12.1 Å². The van der Waals surface area contributed by atoms with Gasteiger partial charge in [-0.25, -0.2) is 14.4 Å². The Kier molecular flexibility index (Phi) is 4.47. The first kappa shape index (κ1) is 17.6. The summed E-state index contributed by atoms with van der Waals surface area (Å²) in [6, 6.07) is 10.7. The predicted molar refractivity (Wildman–Crippen MR) is 109 cm³/mol. The number of aromatic nitrogens is 2. The molecule has 1 aromatic carbocycles. The lowest BCUT2D eigenvalue weighted by Gasteiger charge is -2.30. The highest BCUT2D eigenvalue weighted by Crippen LogP contribution is 2.32. The van der Waals surface area contributed by atoms with Gasteiger partial charge in [-0.3, -0.25) is 4.79 Å². The summed E-state index contributed by atoms with van der Waals surface area (Å²) in [5.41, 5.74) is 2.58. The highest BCUT2D eigenvalue weighted by atomic mass is 32.1. The fraction of sp³-hybridized carbons (Fsp3) is 0.381. The Morgan fingerprint density at radius 2 is 1.79 bits per heavy atom. The van der Waals surface area contributed by atoms with Gasteiger partial charge >= 0.3 is 0 Å². The number of halogens is 1. The van der Waals surface area contributed by atoms with Crippen molar-refractivity contribution >= 4 is 32.7 Å². The minimum absolute atomic E-state index is 0.120. The molecule has 3 aromatic rings. The molecular formula is C21H21FN4OS. The Labute approximate surface area is 166 Å². The van der Waals surface area contributed by atoms with Gasteiger partial charge in [-0.05, 0) is 62.1 Å². The Hall–Kier alpha value is -2.54. The number of nitrogens with one attached hydrogen (secondary N) is 1. The van der Waals surface area contributed by atoms with Gasteiger partial charge in [0.25, 0.3) is 0 Å². The van der Waals surface area contributed by atoms with Crippen molar-refractivity contribution in [2.24, 2.45) is 5.92 Å².